The minimum absolute atomic E-state index is 0.714. The van der Waals surface area contributed by atoms with E-state index in [-0.39, 0.29) is 0 Å². The third-order valence-corrected chi connectivity index (χ3v) is 1.15. The molecule has 0 unspecified atom stereocenters. The number of nitrogens with one attached hydrogen (secondary N) is 1. The third-order valence-electron chi connectivity index (χ3n) is 1.15. The summed E-state index contributed by atoms with van der Waals surface area (Å²) in [6.45, 7) is 3.44. The highest BCUT2D eigenvalue weighted by Gasteiger charge is 1.92. The van der Waals surface area contributed by atoms with Gasteiger partial charge in [-0.25, -0.2) is 4.98 Å². The molecule has 0 aliphatic heterocycles. The summed E-state index contributed by atoms with van der Waals surface area (Å²) in [7, 11) is 0. The van der Waals surface area contributed by atoms with E-state index in [1.165, 1.54) is 6.33 Å². The maximum absolute atomic E-state index is 5.12. The predicted molar refractivity (Wildman–Crippen MR) is 36.6 cm³/mol. The molecule has 0 radical (unpaired) electrons. The Hall–Kier alpha value is -0.900. The first-order chi connectivity index (χ1) is 4.93. The molecule has 0 aromatic carbocycles. The Kier molecular flexibility index (Phi) is 2.89. The monoisotopic (exact) mass is 141 g/mol. The molecule has 0 saturated carbocycles. The quantitative estimate of drug-likeness (QED) is 0.617. The zero-order valence-corrected chi connectivity index (χ0v) is 6.00. The molecule has 0 aliphatic carbocycles. The summed E-state index contributed by atoms with van der Waals surface area (Å²) in [4.78, 5) is 3.94. The number of hydrogen-bond acceptors (Lipinski definition) is 3. The van der Waals surface area contributed by atoms with Gasteiger partial charge in [0.2, 0.25) is 0 Å². The molecule has 1 heterocycles. The van der Waals surface area contributed by atoms with Gasteiger partial charge < -0.3 is 4.74 Å². The van der Waals surface area contributed by atoms with Gasteiger partial charge in [0, 0.05) is 13.0 Å². The van der Waals surface area contributed by atoms with E-state index < -0.39 is 0 Å². The van der Waals surface area contributed by atoms with Crippen LogP contribution in [0.5, 0.6) is 0 Å². The Balaban J connectivity index is 2.15. The van der Waals surface area contributed by atoms with Gasteiger partial charge in [-0.05, 0) is 6.92 Å². The Labute approximate surface area is 59.6 Å². The molecule has 10 heavy (non-hydrogen) atoms. The van der Waals surface area contributed by atoms with E-state index >= 15 is 0 Å². The Morgan fingerprint density at radius 3 is 3.20 bits per heavy atom. The largest absolute Gasteiger partial charge is 0.381 e. The zero-order valence-electron chi connectivity index (χ0n) is 6.00. The lowest BCUT2D eigenvalue weighted by Crippen LogP contribution is -1.99. The van der Waals surface area contributed by atoms with Crippen LogP contribution in [-0.4, -0.2) is 28.4 Å². The van der Waals surface area contributed by atoms with Gasteiger partial charge in [0.05, 0.1) is 6.61 Å². The second kappa shape index (κ2) is 4.00. The molecule has 0 atom stereocenters. The second-order valence-electron chi connectivity index (χ2n) is 1.88. The zero-order chi connectivity index (χ0) is 7.23. The van der Waals surface area contributed by atoms with Crippen molar-refractivity contribution < 1.29 is 4.74 Å². The van der Waals surface area contributed by atoms with Crippen molar-refractivity contribution in [3.05, 3.63) is 12.2 Å². The minimum atomic E-state index is 0.714. The summed E-state index contributed by atoms with van der Waals surface area (Å²) in [6.07, 6.45) is 2.31. The minimum Gasteiger partial charge on any atom is -0.381 e. The average molecular weight is 141 g/mol. The molecule has 0 aliphatic rings. The van der Waals surface area contributed by atoms with Crippen LogP contribution in [0.4, 0.5) is 0 Å². The molecule has 0 amide bonds. The number of aromatic nitrogens is 3. The highest BCUT2D eigenvalue weighted by Crippen LogP contribution is 1.87. The first-order valence-electron chi connectivity index (χ1n) is 3.35. The lowest BCUT2D eigenvalue weighted by Gasteiger charge is -1.95. The van der Waals surface area contributed by atoms with Crippen LogP contribution >= 0.6 is 0 Å². The Morgan fingerprint density at radius 1 is 1.70 bits per heavy atom. The first-order valence-corrected chi connectivity index (χ1v) is 3.35. The Morgan fingerprint density at radius 2 is 2.60 bits per heavy atom. The van der Waals surface area contributed by atoms with Crippen LogP contribution in [0.2, 0.25) is 0 Å². The molecule has 0 bridgehead atoms. The van der Waals surface area contributed by atoms with Gasteiger partial charge in [0.15, 0.2) is 0 Å². The highest BCUT2D eigenvalue weighted by atomic mass is 16.5. The van der Waals surface area contributed by atoms with E-state index in [2.05, 4.69) is 15.2 Å². The van der Waals surface area contributed by atoms with Gasteiger partial charge in [-0.2, -0.15) is 5.10 Å². The molecule has 0 spiro atoms. The van der Waals surface area contributed by atoms with Crippen LogP contribution in [0.25, 0.3) is 0 Å². The van der Waals surface area contributed by atoms with Crippen LogP contribution in [0.1, 0.15) is 12.7 Å². The molecule has 1 aromatic heterocycles. The van der Waals surface area contributed by atoms with E-state index in [0.717, 1.165) is 18.9 Å². The maximum Gasteiger partial charge on any atom is 0.137 e. The van der Waals surface area contributed by atoms with E-state index in [1.54, 1.807) is 0 Å². The van der Waals surface area contributed by atoms with Crippen LogP contribution < -0.4 is 0 Å². The summed E-state index contributed by atoms with van der Waals surface area (Å²) in [5.41, 5.74) is 0. The van der Waals surface area contributed by atoms with Crippen molar-refractivity contribution >= 4 is 0 Å². The fourth-order valence-electron chi connectivity index (χ4n) is 0.664. The van der Waals surface area contributed by atoms with E-state index in [0.29, 0.717) is 6.61 Å². The molecule has 4 nitrogen and oxygen atoms in total. The van der Waals surface area contributed by atoms with Gasteiger partial charge >= 0.3 is 0 Å². The number of H-pyrrole nitrogens is 1. The van der Waals surface area contributed by atoms with Gasteiger partial charge in [-0.1, -0.05) is 0 Å². The van der Waals surface area contributed by atoms with Crippen molar-refractivity contribution in [3.63, 3.8) is 0 Å². The SMILES string of the molecule is CCOCCc1ncn[nH]1. The number of rotatable bonds is 4. The van der Waals surface area contributed by atoms with Crippen LogP contribution in [-0.2, 0) is 11.2 Å². The molecule has 56 valence electrons. The van der Waals surface area contributed by atoms with Crippen molar-refractivity contribution in [1.29, 1.82) is 0 Å². The first kappa shape index (κ1) is 7.21. The lowest BCUT2D eigenvalue weighted by molar-refractivity contribution is 0.149. The van der Waals surface area contributed by atoms with Gasteiger partial charge in [-0.3, -0.25) is 5.10 Å². The molecule has 1 N–H and O–H groups in total. The van der Waals surface area contributed by atoms with Crippen LogP contribution in [0, 0.1) is 0 Å². The maximum atomic E-state index is 5.12. The van der Waals surface area contributed by atoms with Crippen molar-refractivity contribution in [2.45, 2.75) is 13.3 Å². The van der Waals surface area contributed by atoms with Crippen molar-refractivity contribution in [1.82, 2.24) is 15.2 Å². The summed E-state index contributed by atoms with van der Waals surface area (Å²) in [5, 5.41) is 6.46. The molecule has 0 saturated heterocycles. The summed E-state index contributed by atoms with van der Waals surface area (Å²) in [6, 6.07) is 0. The average Bonchev–Trinajstić information content (AvgIpc) is 2.41. The van der Waals surface area contributed by atoms with Crippen molar-refractivity contribution in [2.75, 3.05) is 13.2 Å². The van der Waals surface area contributed by atoms with E-state index in [1.807, 2.05) is 6.92 Å². The van der Waals surface area contributed by atoms with Crippen molar-refractivity contribution in [2.24, 2.45) is 0 Å². The van der Waals surface area contributed by atoms with Crippen molar-refractivity contribution in [3.8, 4) is 0 Å². The van der Waals surface area contributed by atoms with Gasteiger partial charge in [0.1, 0.15) is 12.2 Å². The predicted octanol–water partition coefficient (Wildman–Crippen LogP) is 0.384. The number of nitrogens with zero attached hydrogens (tertiary/aromatic N) is 2. The molecular formula is C6H11N3O. The molecule has 4 heteroatoms. The number of ether oxygens (including phenoxy) is 1. The van der Waals surface area contributed by atoms with Crippen LogP contribution in [0.15, 0.2) is 6.33 Å². The Bertz CT molecular complexity index is 162. The van der Waals surface area contributed by atoms with E-state index in [9.17, 15) is 0 Å². The number of aromatic amines is 1. The van der Waals surface area contributed by atoms with Gasteiger partial charge in [0.25, 0.3) is 0 Å². The molecule has 0 fully saturated rings. The molecule has 1 aromatic rings. The highest BCUT2D eigenvalue weighted by molar-refractivity contribution is 4.78. The van der Waals surface area contributed by atoms with Crippen LogP contribution in [0.3, 0.4) is 0 Å². The molecule has 1 rings (SSSR count). The van der Waals surface area contributed by atoms with E-state index in [4.69, 9.17) is 4.74 Å². The fraction of sp³-hybridized carbons (Fsp3) is 0.667. The molecular weight excluding hydrogens is 130 g/mol. The second-order valence-corrected chi connectivity index (χ2v) is 1.88. The lowest BCUT2D eigenvalue weighted by atomic mass is 10.4. The summed E-state index contributed by atoms with van der Waals surface area (Å²) >= 11 is 0. The number of hydrogen-bond donors (Lipinski definition) is 1. The van der Waals surface area contributed by atoms with Gasteiger partial charge in [-0.15, -0.1) is 0 Å². The summed E-state index contributed by atoms with van der Waals surface area (Å²) in [5.74, 6) is 0.883. The topological polar surface area (TPSA) is 50.8 Å². The normalized spacial score (nSPS) is 10.1. The third kappa shape index (κ3) is 2.14. The smallest absolute Gasteiger partial charge is 0.137 e. The standard InChI is InChI=1S/C6H11N3O/c1-2-10-4-3-6-7-5-8-9-6/h5H,2-4H2,1H3,(H,7,8,9). The summed E-state index contributed by atoms with van der Waals surface area (Å²) < 4.78 is 5.12. The fourth-order valence-corrected chi connectivity index (χ4v) is 0.664.